The third kappa shape index (κ3) is 5.36. The van der Waals surface area contributed by atoms with Crippen LogP contribution in [-0.4, -0.2) is 58.0 Å². The molecule has 1 aliphatic rings. The molecule has 0 saturated carbocycles. The molecule has 1 fully saturated rings. The van der Waals surface area contributed by atoms with E-state index in [0.29, 0.717) is 31.2 Å². The second-order valence-electron chi connectivity index (χ2n) is 6.73. The lowest BCUT2D eigenvalue weighted by Gasteiger charge is -2.38. The Hall–Kier alpha value is -1.28. The molecular formula is C19H30N2O4S. The van der Waals surface area contributed by atoms with E-state index >= 15 is 0 Å². The summed E-state index contributed by atoms with van der Waals surface area (Å²) < 4.78 is 33.7. The minimum Gasteiger partial charge on any atom is -0.379 e. The molecular weight excluding hydrogens is 352 g/mol. The second-order valence-corrected chi connectivity index (χ2v) is 8.50. The fourth-order valence-corrected chi connectivity index (χ4v) is 4.59. The molecule has 1 atom stereocenters. The molecule has 0 amide bonds. The Labute approximate surface area is 157 Å². The SMILES string of the molecule is CCC(CC)C(CNS(=O)(=O)c1cccc(C(C)=O)c1)N1CCOCC1. The van der Waals surface area contributed by atoms with Gasteiger partial charge < -0.3 is 4.74 Å². The largest absolute Gasteiger partial charge is 0.379 e. The normalized spacial score (nSPS) is 17.4. The predicted molar refractivity (Wildman–Crippen MR) is 102 cm³/mol. The maximum Gasteiger partial charge on any atom is 0.240 e. The van der Waals surface area contributed by atoms with Crippen molar-refractivity contribution in [1.82, 2.24) is 9.62 Å². The summed E-state index contributed by atoms with van der Waals surface area (Å²) in [5.41, 5.74) is 0.401. The van der Waals surface area contributed by atoms with Gasteiger partial charge in [-0.05, 0) is 25.0 Å². The molecule has 1 heterocycles. The van der Waals surface area contributed by atoms with Crippen LogP contribution in [0.2, 0.25) is 0 Å². The minimum absolute atomic E-state index is 0.135. The van der Waals surface area contributed by atoms with Crippen molar-refractivity contribution in [2.45, 2.75) is 44.6 Å². The van der Waals surface area contributed by atoms with E-state index < -0.39 is 10.0 Å². The van der Waals surface area contributed by atoms with Crippen molar-refractivity contribution in [2.24, 2.45) is 5.92 Å². The number of Topliss-reactive ketones (excluding diaryl/α,β-unsaturated/α-hetero) is 1. The number of hydrogen-bond donors (Lipinski definition) is 1. The molecule has 0 aromatic heterocycles. The first-order valence-corrected chi connectivity index (χ1v) is 10.8. The molecule has 26 heavy (non-hydrogen) atoms. The number of ketones is 1. The third-order valence-electron chi connectivity index (χ3n) is 5.14. The van der Waals surface area contributed by atoms with Gasteiger partial charge in [0.2, 0.25) is 10.0 Å². The number of carbonyl (C=O) groups is 1. The third-order valence-corrected chi connectivity index (χ3v) is 6.56. The quantitative estimate of drug-likeness (QED) is 0.663. The van der Waals surface area contributed by atoms with Gasteiger partial charge in [-0.15, -0.1) is 0 Å². The van der Waals surface area contributed by atoms with Crippen molar-refractivity contribution in [2.75, 3.05) is 32.8 Å². The molecule has 0 aliphatic carbocycles. The van der Waals surface area contributed by atoms with E-state index in [2.05, 4.69) is 23.5 Å². The van der Waals surface area contributed by atoms with Gasteiger partial charge in [0.05, 0.1) is 18.1 Å². The first-order chi connectivity index (χ1) is 12.4. The van der Waals surface area contributed by atoms with E-state index in [1.165, 1.54) is 19.1 Å². The standard InChI is InChI=1S/C19H30N2O4S/c1-4-16(5-2)19(21-9-11-25-12-10-21)14-20-26(23,24)18-8-6-7-17(13-18)15(3)22/h6-8,13,16,19-20H,4-5,9-12,14H2,1-3H3. The van der Waals surface area contributed by atoms with Crippen molar-refractivity contribution < 1.29 is 17.9 Å². The average Bonchev–Trinajstić information content (AvgIpc) is 2.66. The van der Waals surface area contributed by atoms with Crippen LogP contribution in [0.3, 0.4) is 0 Å². The number of morpholine rings is 1. The van der Waals surface area contributed by atoms with Crippen LogP contribution in [0.25, 0.3) is 0 Å². The highest BCUT2D eigenvalue weighted by molar-refractivity contribution is 7.89. The van der Waals surface area contributed by atoms with Crippen LogP contribution in [0.4, 0.5) is 0 Å². The van der Waals surface area contributed by atoms with Gasteiger partial charge in [0.25, 0.3) is 0 Å². The maximum atomic E-state index is 12.7. The second kappa shape index (κ2) is 9.60. The molecule has 1 saturated heterocycles. The van der Waals surface area contributed by atoms with Crippen LogP contribution in [0.5, 0.6) is 0 Å². The topological polar surface area (TPSA) is 75.7 Å². The highest BCUT2D eigenvalue weighted by atomic mass is 32.2. The number of nitrogens with zero attached hydrogens (tertiary/aromatic N) is 1. The molecule has 2 rings (SSSR count). The smallest absolute Gasteiger partial charge is 0.240 e. The van der Waals surface area contributed by atoms with Crippen LogP contribution in [0.1, 0.15) is 44.0 Å². The van der Waals surface area contributed by atoms with E-state index in [1.54, 1.807) is 12.1 Å². The van der Waals surface area contributed by atoms with Gasteiger partial charge in [-0.25, -0.2) is 13.1 Å². The summed E-state index contributed by atoms with van der Waals surface area (Å²) in [6, 6.07) is 6.33. The van der Waals surface area contributed by atoms with E-state index in [0.717, 1.165) is 25.9 Å². The lowest BCUT2D eigenvalue weighted by Crippen LogP contribution is -2.52. The van der Waals surface area contributed by atoms with Gasteiger partial charge in [-0.1, -0.05) is 38.8 Å². The Morgan fingerprint density at radius 2 is 1.88 bits per heavy atom. The Bertz CT molecular complexity index is 695. The highest BCUT2D eigenvalue weighted by Gasteiger charge is 2.28. The molecule has 0 bridgehead atoms. The van der Waals surface area contributed by atoms with Crippen LogP contribution in [0, 0.1) is 5.92 Å². The van der Waals surface area contributed by atoms with Gasteiger partial charge in [-0.3, -0.25) is 9.69 Å². The molecule has 1 aliphatic heterocycles. The monoisotopic (exact) mass is 382 g/mol. The van der Waals surface area contributed by atoms with E-state index in [-0.39, 0.29) is 16.7 Å². The molecule has 0 radical (unpaired) electrons. The van der Waals surface area contributed by atoms with Gasteiger partial charge in [-0.2, -0.15) is 0 Å². The number of ether oxygens (including phenoxy) is 1. The zero-order valence-electron chi connectivity index (χ0n) is 15.9. The van der Waals surface area contributed by atoms with Crippen molar-refractivity contribution in [3.8, 4) is 0 Å². The molecule has 1 aromatic carbocycles. The summed E-state index contributed by atoms with van der Waals surface area (Å²) in [4.78, 5) is 14.0. The number of nitrogens with one attached hydrogen (secondary N) is 1. The number of carbonyl (C=O) groups excluding carboxylic acids is 1. The molecule has 0 spiro atoms. The summed E-state index contributed by atoms with van der Waals surface area (Å²) in [6.07, 6.45) is 2.00. The minimum atomic E-state index is -3.66. The molecule has 1 aromatic rings. The number of benzene rings is 1. The van der Waals surface area contributed by atoms with Gasteiger partial charge >= 0.3 is 0 Å². The number of rotatable bonds is 9. The van der Waals surface area contributed by atoms with Crippen molar-refractivity contribution in [3.63, 3.8) is 0 Å². The van der Waals surface area contributed by atoms with Crippen molar-refractivity contribution in [3.05, 3.63) is 29.8 Å². The summed E-state index contributed by atoms with van der Waals surface area (Å²) >= 11 is 0. The van der Waals surface area contributed by atoms with E-state index in [9.17, 15) is 13.2 Å². The Kier molecular flexibility index (Phi) is 7.76. The lowest BCUT2D eigenvalue weighted by molar-refractivity contribution is 0.00297. The fourth-order valence-electron chi connectivity index (χ4n) is 3.50. The molecule has 6 nitrogen and oxygen atoms in total. The van der Waals surface area contributed by atoms with E-state index in [4.69, 9.17) is 4.74 Å². The molecule has 7 heteroatoms. The maximum absolute atomic E-state index is 12.7. The summed E-state index contributed by atoms with van der Waals surface area (Å²) in [7, 11) is -3.66. The van der Waals surface area contributed by atoms with Gasteiger partial charge in [0.1, 0.15) is 0 Å². The first kappa shape index (κ1) is 21.0. The Morgan fingerprint density at radius 1 is 1.23 bits per heavy atom. The molecule has 146 valence electrons. The van der Waals surface area contributed by atoms with Crippen LogP contribution < -0.4 is 4.72 Å². The number of sulfonamides is 1. The highest BCUT2D eigenvalue weighted by Crippen LogP contribution is 2.20. The summed E-state index contributed by atoms with van der Waals surface area (Å²) in [6.45, 7) is 9.10. The number of hydrogen-bond acceptors (Lipinski definition) is 5. The molecule has 1 N–H and O–H groups in total. The molecule has 1 unspecified atom stereocenters. The fraction of sp³-hybridized carbons (Fsp3) is 0.632. The zero-order valence-corrected chi connectivity index (χ0v) is 16.7. The van der Waals surface area contributed by atoms with Gasteiger partial charge in [0, 0.05) is 31.2 Å². The summed E-state index contributed by atoms with van der Waals surface area (Å²) in [5, 5.41) is 0. The Morgan fingerprint density at radius 3 is 2.46 bits per heavy atom. The van der Waals surface area contributed by atoms with Crippen LogP contribution in [-0.2, 0) is 14.8 Å². The average molecular weight is 383 g/mol. The summed E-state index contributed by atoms with van der Waals surface area (Å²) in [5.74, 6) is 0.268. The van der Waals surface area contributed by atoms with Crippen molar-refractivity contribution >= 4 is 15.8 Å². The zero-order chi connectivity index (χ0) is 19.2. The van der Waals surface area contributed by atoms with Crippen molar-refractivity contribution in [1.29, 1.82) is 0 Å². The predicted octanol–water partition coefficient (Wildman–Crippen LogP) is 2.30. The first-order valence-electron chi connectivity index (χ1n) is 9.31. The lowest BCUT2D eigenvalue weighted by atomic mass is 9.92. The van der Waals surface area contributed by atoms with E-state index in [1.807, 2.05) is 0 Å². The Balaban J connectivity index is 2.15. The van der Waals surface area contributed by atoms with Crippen LogP contribution in [0.15, 0.2) is 29.2 Å². The van der Waals surface area contributed by atoms with Crippen LogP contribution >= 0.6 is 0 Å². The van der Waals surface area contributed by atoms with Gasteiger partial charge in [0.15, 0.2) is 5.78 Å².